The summed E-state index contributed by atoms with van der Waals surface area (Å²) in [5.41, 5.74) is 0.937. The fraction of sp³-hybridized carbons (Fsp3) is 0.800. The summed E-state index contributed by atoms with van der Waals surface area (Å²) in [4.78, 5) is 17.2. The minimum atomic E-state index is -0.207. The number of carbonyl (C=O) groups is 1. The molecule has 1 heterocycles. The van der Waals surface area contributed by atoms with Crippen LogP contribution in [-0.2, 0) is 11.2 Å². The maximum atomic E-state index is 11.9. The normalized spacial score (nSPS) is 11.0. The largest absolute Gasteiger partial charge is 0.462 e. The quantitative estimate of drug-likeness (QED) is 0.284. The highest BCUT2D eigenvalue weighted by molar-refractivity contribution is 7.13. The SMILES string of the molecule is CCCCCCCCCCCCCc1nc(C)sc1C(=O)OCC. The number of thiazole rings is 1. The minimum absolute atomic E-state index is 0.207. The molecule has 0 aliphatic heterocycles. The van der Waals surface area contributed by atoms with Gasteiger partial charge in [0.2, 0.25) is 0 Å². The van der Waals surface area contributed by atoms with Crippen molar-refractivity contribution >= 4 is 17.3 Å². The van der Waals surface area contributed by atoms with E-state index in [0.29, 0.717) is 11.5 Å². The number of aryl methyl sites for hydroxylation is 2. The Hall–Kier alpha value is -0.900. The van der Waals surface area contributed by atoms with Crippen molar-refractivity contribution in [2.75, 3.05) is 6.61 Å². The van der Waals surface area contributed by atoms with Crippen LogP contribution in [0.4, 0.5) is 0 Å². The first kappa shape index (κ1) is 21.1. The first-order valence-electron chi connectivity index (χ1n) is 9.82. The second kappa shape index (κ2) is 13.4. The van der Waals surface area contributed by atoms with Gasteiger partial charge in [0.25, 0.3) is 0 Å². The van der Waals surface area contributed by atoms with Gasteiger partial charge in [-0.3, -0.25) is 0 Å². The Labute approximate surface area is 152 Å². The average Bonchev–Trinajstić information content (AvgIpc) is 2.94. The van der Waals surface area contributed by atoms with Gasteiger partial charge in [-0.2, -0.15) is 0 Å². The van der Waals surface area contributed by atoms with Crippen molar-refractivity contribution in [1.29, 1.82) is 0 Å². The van der Waals surface area contributed by atoms with E-state index in [-0.39, 0.29) is 5.97 Å². The lowest BCUT2D eigenvalue weighted by Gasteiger charge is -2.04. The molecule has 0 atom stereocenters. The highest BCUT2D eigenvalue weighted by Crippen LogP contribution is 2.21. The molecule has 0 fully saturated rings. The molecule has 1 aromatic heterocycles. The Bertz CT molecular complexity index is 456. The molecule has 1 aromatic rings. The Morgan fingerprint density at radius 3 is 2.00 bits per heavy atom. The highest BCUT2D eigenvalue weighted by Gasteiger charge is 2.17. The molecule has 0 unspecified atom stereocenters. The second-order valence-corrected chi connectivity index (χ2v) is 7.72. The lowest BCUT2D eigenvalue weighted by molar-refractivity contribution is 0.0530. The molecular formula is C20H35NO2S. The third-order valence-electron chi connectivity index (χ3n) is 4.28. The van der Waals surface area contributed by atoms with Gasteiger partial charge in [-0.1, -0.05) is 71.1 Å². The van der Waals surface area contributed by atoms with Crippen LogP contribution in [0.3, 0.4) is 0 Å². The maximum absolute atomic E-state index is 11.9. The molecule has 0 bridgehead atoms. The monoisotopic (exact) mass is 353 g/mol. The standard InChI is InChI=1S/C20H35NO2S/c1-4-6-7-8-9-10-11-12-13-14-15-16-18-19(20(22)23-5-2)24-17(3)21-18/h4-16H2,1-3H3. The number of hydrogen-bond acceptors (Lipinski definition) is 4. The molecule has 1 rings (SSSR count). The molecule has 0 N–H and O–H groups in total. The van der Waals surface area contributed by atoms with Crippen LogP contribution in [0.15, 0.2) is 0 Å². The summed E-state index contributed by atoms with van der Waals surface area (Å²) in [7, 11) is 0. The van der Waals surface area contributed by atoms with Crippen molar-refractivity contribution in [2.24, 2.45) is 0 Å². The van der Waals surface area contributed by atoms with E-state index in [0.717, 1.165) is 23.5 Å². The molecule has 0 aliphatic carbocycles. The van der Waals surface area contributed by atoms with Crippen LogP contribution in [0.5, 0.6) is 0 Å². The van der Waals surface area contributed by atoms with Crippen LogP contribution in [0.2, 0.25) is 0 Å². The number of rotatable bonds is 14. The van der Waals surface area contributed by atoms with Gasteiger partial charge in [-0.15, -0.1) is 11.3 Å². The van der Waals surface area contributed by atoms with E-state index in [9.17, 15) is 4.79 Å². The number of carbonyl (C=O) groups excluding carboxylic acids is 1. The van der Waals surface area contributed by atoms with E-state index in [1.807, 2.05) is 13.8 Å². The zero-order chi connectivity index (χ0) is 17.6. The van der Waals surface area contributed by atoms with Crippen molar-refractivity contribution in [3.63, 3.8) is 0 Å². The Kier molecular flexibility index (Phi) is 11.8. The summed E-state index contributed by atoms with van der Waals surface area (Å²) >= 11 is 1.46. The summed E-state index contributed by atoms with van der Waals surface area (Å²) in [6.45, 7) is 6.49. The summed E-state index contributed by atoms with van der Waals surface area (Å²) in [6, 6.07) is 0. The van der Waals surface area contributed by atoms with Gasteiger partial charge in [0, 0.05) is 0 Å². The van der Waals surface area contributed by atoms with Crippen LogP contribution in [0, 0.1) is 6.92 Å². The molecule has 0 saturated carbocycles. The highest BCUT2D eigenvalue weighted by atomic mass is 32.1. The van der Waals surface area contributed by atoms with Crippen molar-refractivity contribution < 1.29 is 9.53 Å². The van der Waals surface area contributed by atoms with Crippen LogP contribution in [0.25, 0.3) is 0 Å². The number of aromatic nitrogens is 1. The summed E-state index contributed by atoms with van der Waals surface area (Å²) in [5.74, 6) is -0.207. The molecule has 138 valence electrons. The molecule has 0 amide bonds. The topological polar surface area (TPSA) is 39.2 Å². The maximum Gasteiger partial charge on any atom is 0.350 e. The summed E-state index contributed by atoms with van der Waals surface area (Å²) in [6.07, 6.45) is 15.6. The number of unbranched alkanes of at least 4 members (excludes halogenated alkanes) is 10. The predicted octanol–water partition coefficient (Wildman–Crippen LogP) is 6.48. The average molecular weight is 354 g/mol. The van der Waals surface area contributed by atoms with Gasteiger partial charge < -0.3 is 4.74 Å². The molecule has 0 radical (unpaired) electrons. The van der Waals surface area contributed by atoms with Gasteiger partial charge in [-0.05, 0) is 26.7 Å². The van der Waals surface area contributed by atoms with Crippen molar-refractivity contribution in [2.45, 2.75) is 97.8 Å². The minimum Gasteiger partial charge on any atom is -0.462 e. The van der Waals surface area contributed by atoms with Crippen LogP contribution in [0.1, 0.15) is 105 Å². The Morgan fingerprint density at radius 2 is 1.46 bits per heavy atom. The van der Waals surface area contributed by atoms with Crippen LogP contribution in [-0.4, -0.2) is 17.6 Å². The van der Waals surface area contributed by atoms with Crippen molar-refractivity contribution in [1.82, 2.24) is 4.98 Å². The van der Waals surface area contributed by atoms with Gasteiger partial charge in [0.05, 0.1) is 17.3 Å². The van der Waals surface area contributed by atoms with Crippen LogP contribution >= 0.6 is 11.3 Å². The number of hydrogen-bond donors (Lipinski definition) is 0. The van der Waals surface area contributed by atoms with Gasteiger partial charge in [0.1, 0.15) is 4.88 Å². The molecule has 24 heavy (non-hydrogen) atoms. The molecular weight excluding hydrogens is 318 g/mol. The van der Waals surface area contributed by atoms with E-state index in [2.05, 4.69) is 11.9 Å². The predicted molar refractivity (Wildman–Crippen MR) is 103 cm³/mol. The lowest BCUT2D eigenvalue weighted by Crippen LogP contribution is -2.05. The molecule has 0 saturated heterocycles. The molecule has 4 heteroatoms. The first-order valence-corrected chi connectivity index (χ1v) is 10.6. The third kappa shape index (κ3) is 8.81. The molecule has 3 nitrogen and oxygen atoms in total. The van der Waals surface area contributed by atoms with Crippen molar-refractivity contribution in [3.8, 4) is 0 Å². The van der Waals surface area contributed by atoms with E-state index in [4.69, 9.17) is 4.74 Å². The van der Waals surface area contributed by atoms with E-state index < -0.39 is 0 Å². The summed E-state index contributed by atoms with van der Waals surface area (Å²) in [5, 5.41) is 0.955. The van der Waals surface area contributed by atoms with Gasteiger partial charge >= 0.3 is 5.97 Å². The van der Waals surface area contributed by atoms with E-state index in [1.54, 1.807) is 0 Å². The lowest BCUT2D eigenvalue weighted by atomic mass is 10.0. The molecule has 0 spiro atoms. The first-order chi connectivity index (χ1) is 11.7. The number of esters is 1. The Morgan fingerprint density at radius 1 is 0.917 bits per heavy atom. The van der Waals surface area contributed by atoms with Gasteiger partial charge in [-0.25, -0.2) is 9.78 Å². The van der Waals surface area contributed by atoms with E-state index in [1.165, 1.54) is 75.5 Å². The summed E-state index contributed by atoms with van der Waals surface area (Å²) < 4.78 is 5.12. The second-order valence-electron chi connectivity index (χ2n) is 6.51. The zero-order valence-electron chi connectivity index (χ0n) is 15.9. The molecule has 0 aliphatic rings. The molecule has 0 aromatic carbocycles. The third-order valence-corrected chi connectivity index (χ3v) is 5.28. The Balaban J connectivity index is 2.10. The van der Waals surface area contributed by atoms with E-state index >= 15 is 0 Å². The zero-order valence-corrected chi connectivity index (χ0v) is 16.7. The van der Waals surface area contributed by atoms with Crippen molar-refractivity contribution in [3.05, 3.63) is 15.6 Å². The number of nitrogens with zero attached hydrogens (tertiary/aromatic N) is 1. The smallest absolute Gasteiger partial charge is 0.350 e. The fourth-order valence-electron chi connectivity index (χ4n) is 2.95. The fourth-order valence-corrected chi connectivity index (χ4v) is 3.81. The van der Waals surface area contributed by atoms with Crippen LogP contribution < -0.4 is 0 Å². The number of ether oxygens (including phenoxy) is 1. The van der Waals surface area contributed by atoms with Gasteiger partial charge in [0.15, 0.2) is 0 Å².